The topological polar surface area (TPSA) is 66.0 Å². The van der Waals surface area contributed by atoms with E-state index in [-0.39, 0.29) is 5.88 Å². The van der Waals surface area contributed by atoms with E-state index in [4.69, 9.17) is 9.52 Å². The molecule has 1 N–H and O–H groups in total. The van der Waals surface area contributed by atoms with Gasteiger partial charge in [0.05, 0.1) is 0 Å². The quantitative estimate of drug-likeness (QED) is 0.622. The van der Waals surface area contributed by atoms with Crippen LogP contribution >= 0.6 is 0 Å². The van der Waals surface area contributed by atoms with Gasteiger partial charge >= 0.3 is 6.09 Å². The molecule has 82 valence electrons. The molecule has 1 aromatic heterocycles. The first kappa shape index (κ1) is 10.2. The van der Waals surface area contributed by atoms with E-state index in [1.807, 2.05) is 18.2 Å². The summed E-state index contributed by atoms with van der Waals surface area (Å²) in [6.45, 7) is 1.64. The van der Waals surface area contributed by atoms with Gasteiger partial charge in [0, 0.05) is 17.7 Å². The number of nitrogens with zero attached hydrogens (tertiary/aromatic N) is 2. The lowest BCUT2D eigenvalue weighted by Crippen LogP contribution is -2.22. The van der Waals surface area contributed by atoms with Crippen LogP contribution in [0.25, 0.3) is 11.0 Å². The molecule has 1 aromatic carbocycles. The van der Waals surface area contributed by atoms with Crippen molar-refractivity contribution in [2.45, 2.75) is 6.92 Å². The van der Waals surface area contributed by atoms with Gasteiger partial charge < -0.3 is 9.52 Å². The van der Waals surface area contributed by atoms with Crippen LogP contribution in [0.15, 0.2) is 39.9 Å². The fraction of sp³-hybridized carbons (Fsp3) is 0.0909. The Bertz CT molecular complexity index is 512. The molecule has 0 unspecified atom stereocenters. The Morgan fingerprint density at radius 2 is 2.25 bits per heavy atom. The predicted octanol–water partition coefficient (Wildman–Crippen LogP) is 2.92. The third kappa shape index (κ3) is 1.75. The fourth-order valence-electron chi connectivity index (χ4n) is 1.39. The van der Waals surface area contributed by atoms with E-state index in [0.29, 0.717) is 5.58 Å². The molecule has 0 saturated heterocycles. The summed E-state index contributed by atoms with van der Waals surface area (Å²) in [6, 6.07) is 8.93. The van der Waals surface area contributed by atoms with E-state index in [2.05, 4.69) is 5.10 Å². The van der Waals surface area contributed by atoms with Gasteiger partial charge in [0.1, 0.15) is 5.58 Å². The Hall–Kier alpha value is -2.30. The zero-order valence-electron chi connectivity index (χ0n) is 8.62. The van der Waals surface area contributed by atoms with Crippen molar-refractivity contribution in [1.29, 1.82) is 0 Å². The molecule has 5 nitrogen and oxygen atoms in total. The van der Waals surface area contributed by atoms with Crippen molar-refractivity contribution in [2.24, 2.45) is 5.10 Å². The number of amides is 1. The number of hydrogen-bond donors (Lipinski definition) is 1. The molecule has 1 amide bonds. The fourth-order valence-corrected chi connectivity index (χ4v) is 1.39. The van der Waals surface area contributed by atoms with Crippen LogP contribution in [0.2, 0.25) is 0 Å². The second-order valence-electron chi connectivity index (χ2n) is 3.09. The minimum Gasteiger partial charge on any atom is -0.463 e. The smallest absolute Gasteiger partial charge is 0.435 e. The summed E-state index contributed by atoms with van der Waals surface area (Å²) in [5, 5.41) is 14.3. The largest absolute Gasteiger partial charge is 0.463 e. The number of fused-ring (bicyclic) bond motifs is 1. The lowest BCUT2D eigenvalue weighted by molar-refractivity contribution is 0.201. The zero-order valence-corrected chi connectivity index (χ0v) is 8.62. The lowest BCUT2D eigenvalue weighted by Gasteiger charge is -2.07. The number of hydrogen-bond acceptors (Lipinski definition) is 3. The standard InChI is InChI=1S/C11H10N2O3/c1-2-12-13(11(14)15)10-7-8-5-3-4-6-9(8)16-10/h2-7H,1H3,(H,14,15). The second kappa shape index (κ2) is 4.06. The first-order chi connectivity index (χ1) is 7.72. The Balaban J connectivity index is 2.49. The average Bonchev–Trinajstić information content (AvgIpc) is 2.68. The van der Waals surface area contributed by atoms with Gasteiger partial charge in [-0.15, -0.1) is 5.01 Å². The SMILES string of the molecule is CC=NN(C(=O)O)c1cc2ccccc2o1. The highest BCUT2D eigenvalue weighted by Crippen LogP contribution is 2.25. The highest BCUT2D eigenvalue weighted by atomic mass is 16.4. The van der Waals surface area contributed by atoms with Gasteiger partial charge in [0.25, 0.3) is 0 Å². The molecule has 2 rings (SSSR count). The second-order valence-corrected chi connectivity index (χ2v) is 3.09. The maximum Gasteiger partial charge on any atom is 0.435 e. The number of rotatable bonds is 2. The van der Waals surface area contributed by atoms with Crippen molar-refractivity contribution in [3.05, 3.63) is 30.3 Å². The van der Waals surface area contributed by atoms with Gasteiger partial charge in [-0.3, -0.25) is 0 Å². The Morgan fingerprint density at radius 1 is 1.50 bits per heavy atom. The first-order valence-electron chi connectivity index (χ1n) is 4.72. The van der Waals surface area contributed by atoms with E-state index < -0.39 is 6.09 Å². The van der Waals surface area contributed by atoms with Crippen molar-refractivity contribution in [1.82, 2.24) is 0 Å². The molecule has 0 aliphatic carbocycles. The van der Waals surface area contributed by atoms with Crippen molar-refractivity contribution in [3.63, 3.8) is 0 Å². The molecule has 16 heavy (non-hydrogen) atoms. The molecule has 5 heteroatoms. The van der Waals surface area contributed by atoms with E-state index in [9.17, 15) is 4.79 Å². The Kier molecular flexibility index (Phi) is 2.59. The minimum atomic E-state index is -1.18. The third-order valence-corrected chi connectivity index (χ3v) is 2.03. The molecule has 0 spiro atoms. The highest BCUT2D eigenvalue weighted by molar-refractivity contribution is 5.89. The summed E-state index contributed by atoms with van der Waals surface area (Å²) >= 11 is 0. The molecule has 0 fully saturated rings. The zero-order chi connectivity index (χ0) is 11.5. The molecule has 0 radical (unpaired) electrons. The first-order valence-corrected chi connectivity index (χ1v) is 4.72. The van der Waals surface area contributed by atoms with Gasteiger partial charge in [0.2, 0.25) is 5.88 Å². The van der Waals surface area contributed by atoms with E-state index >= 15 is 0 Å². The molecule has 2 aromatic rings. The number of carboxylic acid groups (broad SMARTS) is 1. The number of hydrazone groups is 1. The van der Waals surface area contributed by atoms with Gasteiger partial charge in [-0.05, 0) is 13.0 Å². The normalized spacial score (nSPS) is 11.1. The summed E-state index contributed by atoms with van der Waals surface area (Å²) in [7, 11) is 0. The number of furan rings is 1. The maximum absolute atomic E-state index is 10.9. The molecule has 0 saturated carbocycles. The predicted molar refractivity (Wildman–Crippen MR) is 60.9 cm³/mol. The van der Waals surface area contributed by atoms with Crippen molar-refractivity contribution in [3.8, 4) is 0 Å². The van der Waals surface area contributed by atoms with Crippen LogP contribution < -0.4 is 5.01 Å². The Morgan fingerprint density at radius 3 is 2.88 bits per heavy atom. The summed E-state index contributed by atoms with van der Waals surface area (Å²) in [6.07, 6.45) is 0.207. The van der Waals surface area contributed by atoms with Gasteiger partial charge in [-0.2, -0.15) is 5.10 Å². The average molecular weight is 218 g/mol. The summed E-state index contributed by atoms with van der Waals surface area (Å²) in [5.74, 6) is 0.187. The molecule has 0 aliphatic rings. The molecule has 0 bridgehead atoms. The van der Waals surface area contributed by atoms with Crippen molar-refractivity contribution < 1.29 is 14.3 Å². The number of carbonyl (C=O) groups is 1. The van der Waals surface area contributed by atoms with Gasteiger partial charge in [-0.1, -0.05) is 18.2 Å². The molecule has 0 aliphatic heterocycles. The van der Waals surface area contributed by atoms with Crippen LogP contribution in [0.5, 0.6) is 0 Å². The van der Waals surface area contributed by atoms with E-state index in [0.717, 1.165) is 10.4 Å². The monoisotopic (exact) mass is 218 g/mol. The number of anilines is 1. The van der Waals surface area contributed by atoms with E-state index in [1.54, 1.807) is 19.1 Å². The van der Waals surface area contributed by atoms with Gasteiger partial charge in [0.15, 0.2) is 0 Å². The van der Waals surface area contributed by atoms with Crippen molar-refractivity contribution in [2.75, 3.05) is 5.01 Å². The lowest BCUT2D eigenvalue weighted by atomic mass is 10.3. The molecule has 0 atom stereocenters. The summed E-state index contributed by atoms with van der Waals surface area (Å²) < 4.78 is 5.38. The summed E-state index contributed by atoms with van der Waals surface area (Å²) in [4.78, 5) is 10.9. The van der Waals surface area contributed by atoms with Crippen LogP contribution in [0, 0.1) is 0 Å². The molecular weight excluding hydrogens is 208 g/mol. The number of para-hydroxylation sites is 1. The van der Waals surface area contributed by atoms with Crippen LogP contribution in [0.3, 0.4) is 0 Å². The Labute approximate surface area is 91.6 Å². The highest BCUT2D eigenvalue weighted by Gasteiger charge is 2.17. The van der Waals surface area contributed by atoms with Crippen LogP contribution in [0.4, 0.5) is 10.7 Å². The maximum atomic E-state index is 10.9. The van der Waals surface area contributed by atoms with E-state index in [1.165, 1.54) is 6.21 Å². The van der Waals surface area contributed by atoms with Crippen LogP contribution in [-0.4, -0.2) is 17.4 Å². The van der Waals surface area contributed by atoms with Gasteiger partial charge in [-0.25, -0.2) is 4.79 Å². The van der Waals surface area contributed by atoms with Crippen LogP contribution in [0.1, 0.15) is 6.92 Å². The number of benzene rings is 1. The van der Waals surface area contributed by atoms with Crippen molar-refractivity contribution >= 4 is 29.2 Å². The molecular formula is C11H10N2O3. The summed E-state index contributed by atoms with van der Waals surface area (Å²) in [5.41, 5.74) is 0.634. The third-order valence-electron chi connectivity index (χ3n) is 2.03. The van der Waals surface area contributed by atoms with Crippen LogP contribution in [-0.2, 0) is 0 Å². The molecule has 1 heterocycles. The minimum absolute atomic E-state index is 0.187.